The number of rotatable bonds is 9. The summed E-state index contributed by atoms with van der Waals surface area (Å²) >= 11 is 0. The quantitative estimate of drug-likeness (QED) is 0.210. The number of benzene rings is 3. The van der Waals surface area contributed by atoms with Crippen LogP contribution in [0.15, 0.2) is 90.0 Å². The van der Waals surface area contributed by atoms with E-state index in [1.807, 2.05) is 0 Å². The van der Waals surface area contributed by atoms with E-state index in [1.54, 1.807) is 54.7 Å². The molecule has 14 heteroatoms. The molecule has 0 atom stereocenters. The first-order chi connectivity index (χ1) is 20.3. The van der Waals surface area contributed by atoms with Gasteiger partial charge >= 0.3 is 6.18 Å². The van der Waals surface area contributed by atoms with Crippen molar-refractivity contribution in [3.05, 3.63) is 102 Å². The Hall–Kier alpha value is -4.98. The molecule has 2 aromatic heterocycles. The van der Waals surface area contributed by atoms with Crippen molar-refractivity contribution in [2.75, 3.05) is 18.2 Å². The number of carbonyl (C=O) groups is 1. The van der Waals surface area contributed by atoms with Crippen LogP contribution in [0, 0.1) is 5.82 Å². The predicted octanol–water partition coefficient (Wildman–Crippen LogP) is 5.55. The minimum atomic E-state index is -4.64. The first-order valence-electron chi connectivity index (χ1n) is 12.6. The molecule has 0 aliphatic heterocycles. The number of halogens is 4. The Kier molecular flexibility index (Phi) is 8.04. The molecule has 2 heterocycles. The number of fused-ring (bicyclic) bond motifs is 1. The molecule has 0 saturated carbocycles. The van der Waals surface area contributed by atoms with Gasteiger partial charge in [-0.25, -0.2) is 17.3 Å². The van der Waals surface area contributed by atoms with Gasteiger partial charge in [0, 0.05) is 36.2 Å². The summed E-state index contributed by atoms with van der Waals surface area (Å²) in [4.78, 5) is 16.6. The number of pyridine rings is 1. The van der Waals surface area contributed by atoms with E-state index in [0.717, 1.165) is 29.0 Å². The number of amides is 1. The van der Waals surface area contributed by atoms with Gasteiger partial charge < -0.3 is 15.4 Å². The van der Waals surface area contributed by atoms with Crippen molar-refractivity contribution < 1.29 is 35.5 Å². The molecular weight excluding hydrogens is 590 g/mol. The van der Waals surface area contributed by atoms with Gasteiger partial charge in [-0.2, -0.15) is 18.2 Å². The maximum atomic E-state index is 13.1. The van der Waals surface area contributed by atoms with E-state index in [-0.39, 0.29) is 40.5 Å². The smallest absolute Gasteiger partial charge is 0.422 e. The molecular formula is C29H23F4N5O4S. The summed E-state index contributed by atoms with van der Waals surface area (Å²) < 4.78 is 81.6. The number of ether oxygens (including phenoxy) is 1. The highest BCUT2D eigenvalue weighted by Gasteiger charge is 2.29. The highest BCUT2D eigenvalue weighted by Crippen LogP contribution is 2.32. The fourth-order valence-electron chi connectivity index (χ4n) is 4.04. The molecule has 0 fully saturated rings. The van der Waals surface area contributed by atoms with E-state index < -0.39 is 22.6 Å². The maximum absolute atomic E-state index is 13.1. The van der Waals surface area contributed by atoms with Crippen LogP contribution in [-0.2, 0) is 16.4 Å². The predicted molar refractivity (Wildman–Crippen MR) is 150 cm³/mol. The molecule has 0 spiro atoms. The lowest BCUT2D eigenvalue weighted by atomic mass is 10.1. The number of hydrogen-bond donors (Lipinski definition) is 2. The molecule has 0 unspecified atom stereocenters. The van der Waals surface area contributed by atoms with Crippen molar-refractivity contribution >= 4 is 33.0 Å². The van der Waals surface area contributed by atoms with Crippen LogP contribution >= 0.6 is 0 Å². The minimum absolute atomic E-state index is 0.0364. The summed E-state index contributed by atoms with van der Waals surface area (Å²) in [6.45, 7) is -1.37. The first-order valence-corrected chi connectivity index (χ1v) is 14.5. The number of nitrogens with one attached hydrogen (secondary N) is 2. The van der Waals surface area contributed by atoms with Crippen LogP contribution in [0.4, 0.5) is 29.2 Å². The summed E-state index contributed by atoms with van der Waals surface area (Å²) in [6.07, 6.45) is -2.02. The van der Waals surface area contributed by atoms with Gasteiger partial charge in [-0.15, -0.1) is 5.10 Å². The van der Waals surface area contributed by atoms with Crippen LogP contribution in [0.3, 0.4) is 0 Å². The standard InChI is InChI=1S/C29H23F4N5O4S/c1-43(40,41)23-11-12-24(25(14-23)42-17-29(31,32)33)35-28-36-26-13-8-21(16-38(26)37-28)19-4-6-20(7-5-19)27(39)34-15-18-2-9-22(30)10-3-18/h2-14,16H,15,17H2,1H3,(H,34,39)(H,35,37). The zero-order chi connectivity index (χ0) is 30.8. The topological polar surface area (TPSA) is 115 Å². The normalized spacial score (nSPS) is 11.8. The van der Waals surface area contributed by atoms with Crippen LogP contribution in [0.2, 0.25) is 0 Å². The van der Waals surface area contributed by atoms with Crippen molar-refractivity contribution in [3.63, 3.8) is 0 Å². The van der Waals surface area contributed by atoms with Crippen molar-refractivity contribution in [1.82, 2.24) is 19.9 Å². The molecule has 3 aromatic carbocycles. The summed E-state index contributed by atoms with van der Waals surface area (Å²) in [6, 6.07) is 19.7. The van der Waals surface area contributed by atoms with Crippen LogP contribution in [0.1, 0.15) is 15.9 Å². The second kappa shape index (κ2) is 11.7. The van der Waals surface area contributed by atoms with E-state index in [9.17, 15) is 30.8 Å². The summed E-state index contributed by atoms with van der Waals surface area (Å²) in [5, 5.41) is 9.90. The van der Waals surface area contributed by atoms with Crippen LogP contribution in [0.25, 0.3) is 16.8 Å². The van der Waals surface area contributed by atoms with Gasteiger partial charge in [0.15, 0.2) is 22.1 Å². The number of aromatic nitrogens is 3. The number of alkyl halides is 3. The highest BCUT2D eigenvalue weighted by atomic mass is 32.2. The molecule has 0 bridgehead atoms. The fourth-order valence-corrected chi connectivity index (χ4v) is 4.68. The second-order valence-corrected chi connectivity index (χ2v) is 11.5. The Labute approximate surface area is 243 Å². The van der Waals surface area contributed by atoms with Gasteiger partial charge in [-0.1, -0.05) is 24.3 Å². The Morgan fingerprint density at radius 3 is 2.33 bits per heavy atom. The number of carbonyl (C=O) groups excluding carboxylic acids is 1. The van der Waals surface area contributed by atoms with Crippen LogP contribution < -0.4 is 15.4 Å². The number of anilines is 2. The second-order valence-electron chi connectivity index (χ2n) is 9.50. The lowest BCUT2D eigenvalue weighted by Gasteiger charge is -2.14. The molecule has 5 aromatic rings. The summed E-state index contributed by atoms with van der Waals surface area (Å²) in [5.41, 5.74) is 3.19. The third-order valence-electron chi connectivity index (χ3n) is 6.20. The Bertz CT molecular complexity index is 1890. The number of nitrogens with zero attached hydrogens (tertiary/aromatic N) is 3. The molecule has 9 nitrogen and oxygen atoms in total. The van der Waals surface area contributed by atoms with E-state index >= 15 is 0 Å². The average molecular weight is 614 g/mol. The zero-order valence-corrected chi connectivity index (χ0v) is 23.2. The van der Waals surface area contributed by atoms with Crippen LogP contribution in [0.5, 0.6) is 5.75 Å². The number of sulfone groups is 1. The Morgan fingerprint density at radius 2 is 1.65 bits per heavy atom. The molecule has 0 aliphatic rings. The average Bonchev–Trinajstić information content (AvgIpc) is 3.37. The molecule has 0 saturated heterocycles. The molecule has 222 valence electrons. The van der Waals surface area contributed by atoms with Gasteiger partial charge in [0.25, 0.3) is 5.91 Å². The van der Waals surface area contributed by atoms with Crippen LogP contribution in [-0.4, -0.2) is 48.0 Å². The molecule has 1 amide bonds. The van der Waals surface area contributed by atoms with Gasteiger partial charge in [0.05, 0.1) is 10.6 Å². The van der Waals surface area contributed by atoms with Crippen molar-refractivity contribution in [3.8, 4) is 16.9 Å². The van der Waals surface area contributed by atoms with E-state index in [2.05, 4.69) is 20.7 Å². The van der Waals surface area contributed by atoms with E-state index in [4.69, 9.17) is 4.74 Å². The molecule has 43 heavy (non-hydrogen) atoms. The van der Waals surface area contributed by atoms with Gasteiger partial charge in [-0.3, -0.25) is 4.79 Å². The van der Waals surface area contributed by atoms with Gasteiger partial charge in [0.2, 0.25) is 5.95 Å². The van der Waals surface area contributed by atoms with Gasteiger partial charge in [-0.05, 0) is 59.7 Å². The third kappa shape index (κ3) is 7.46. The minimum Gasteiger partial charge on any atom is -0.482 e. The Morgan fingerprint density at radius 1 is 0.953 bits per heavy atom. The molecule has 2 N–H and O–H groups in total. The number of hydrogen-bond acceptors (Lipinski definition) is 7. The SMILES string of the molecule is CS(=O)(=O)c1ccc(Nc2nc3ccc(-c4ccc(C(=O)NCc5ccc(F)cc5)cc4)cn3n2)c(OCC(F)(F)F)c1. The third-order valence-corrected chi connectivity index (χ3v) is 7.31. The van der Waals surface area contributed by atoms with E-state index in [0.29, 0.717) is 11.2 Å². The molecule has 5 rings (SSSR count). The largest absolute Gasteiger partial charge is 0.482 e. The highest BCUT2D eigenvalue weighted by molar-refractivity contribution is 7.90. The van der Waals surface area contributed by atoms with Gasteiger partial charge in [0.1, 0.15) is 11.6 Å². The summed E-state index contributed by atoms with van der Waals surface area (Å²) in [5.74, 6) is -0.940. The van der Waals surface area contributed by atoms with Crippen molar-refractivity contribution in [2.45, 2.75) is 17.6 Å². The maximum Gasteiger partial charge on any atom is 0.422 e. The van der Waals surface area contributed by atoms with E-state index in [1.165, 1.54) is 28.8 Å². The first kappa shape index (κ1) is 29.5. The van der Waals surface area contributed by atoms with Crippen molar-refractivity contribution in [1.29, 1.82) is 0 Å². The zero-order valence-electron chi connectivity index (χ0n) is 22.4. The summed E-state index contributed by atoms with van der Waals surface area (Å²) in [7, 11) is -3.70. The molecule has 0 radical (unpaired) electrons. The molecule has 0 aliphatic carbocycles. The monoisotopic (exact) mass is 613 g/mol. The Balaban J connectivity index is 1.31. The fraction of sp³-hybridized carbons (Fsp3) is 0.138. The van der Waals surface area contributed by atoms with Crippen molar-refractivity contribution in [2.24, 2.45) is 0 Å². The lowest BCUT2D eigenvalue weighted by Crippen LogP contribution is -2.22. The lowest BCUT2D eigenvalue weighted by molar-refractivity contribution is -0.153.